The van der Waals surface area contributed by atoms with E-state index in [1.54, 1.807) is 6.92 Å². The van der Waals surface area contributed by atoms with Crippen molar-refractivity contribution < 1.29 is 49.3 Å². The van der Waals surface area contributed by atoms with Gasteiger partial charge in [0, 0.05) is 0 Å². The standard InChI is InChI=1S/C19H22O11/c1-2-10(20)12(21)11-5-7-3-4-8(6-9(7)18(27)29-11)28-19-15(24)13(22)14(23)16(30-19)17(25)26/h3-6,10,12-16,19-24H,2H2,1H3,(H,25,26). The molecule has 2 aromatic rings. The van der Waals surface area contributed by atoms with Gasteiger partial charge < -0.3 is 44.5 Å². The molecule has 11 nitrogen and oxygen atoms in total. The largest absolute Gasteiger partial charge is 0.479 e. The number of aliphatic carboxylic acids is 1. The smallest absolute Gasteiger partial charge is 0.344 e. The maximum absolute atomic E-state index is 12.3. The fourth-order valence-electron chi connectivity index (χ4n) is 3.10. The van der Waals surface area contributed by atoms with Crippen molar-refractivity contribution in [2.45, 2.75) is 56.3 Å². The third-order valence-electron chi connectivity index (χ3n) is 4.89. The van der Waals surface area contributed by atoms with Crippen molar-refractivity contribution in [1.29, 1.82) is 0 Å². The molecule has 1 aromatic heterocycles. The van der Waals surface area contributed by atoms with Gasteiger partial charge in [-0.15, -0.1) is 0 Å². The molecule has 0 saturated carbocycles. The molecule has 0 bridgehead atoms. The molecule has 0 radical (unpaired) electrons. The van der Waals surface area contributed by atoms with Crippen molar-refractivity contribution in [2.24, 2.45) is 0 Å². The van der Waals surface area contributed by atoms with Crippen molar-refractivity contribution >= 4 is 16.7 Å². The second-order valence-electron chi connectivity index (χ2n) is 6.96. The van der Waals surface area contributed by atoms with E-state index < -0.39 is 54.5 Å². The Hall–Kier alpha value is -2.54. The second kappa shape index (κ2) is 8.68. The van der Waals surface area contributed by atoms with Gasteiger partial charge in [-0.05, 0) is 30.0 Å². The summed E-state index contributed by atoms with van der Waals surface area (Å²) in [6.07, 6.45) is -11.1. The van der Waals surface area contributed by atoms with E-state index in [4.69, 9.17) is 19.0 Å². The summed E-state index contributed by atoms with van der Waals surface area (Å²) in [7, 11) is 0. The number of benzene rings is 1. The van der Waals surface area contributed by atoms with E-state index in [9.17, 15) is 35.1 Å². The predicted molar refractivity (Wildman–Crippen MR) is 98.7 cm³/mol. The van der Waals surface area contributed by atoms with Crippen molar-refractivity contribution in [3.05, 3.63) is 40.4 Å². The van der Waals surface area contributed by atoms with Crippen LogP contribution in [0.15, 0.2) is 33.5 Å². The van der Waals surface area contributed by atoms with Gasteiger partial charge in [-0.3, -0.25) is 0 Å². The summed E-state index contributed by atoms with van der Waals surface area (Å²) in [5.41, 5.74) is -0.820. The first-order valence-corrected chi connectivity index (χ1v) is 9.17. The summed E-state index contributed by atoms with van der Waals surface area (Å²) in [5.74, 6) is -1.67. The van der Waals surface area contributed by atoms with Crippen LogP contribution in [0.4, 0.5) is 0 Å². The topological polar surface area (TPSA) is 187 Å². The first-order valence-electron chi connectivity index (χ1n) is 9.17. The fraction of sp³-hybridized carbons (Fsp3) is 0.474. The average molecular weight is 426 g/mol. The lowest BCUT2D eigenvalue weighted by Crippen LogP contribution is -2.61. The van der Waals surface area contributed by atoms with Gasteiger partial charge in [0.05, 0.1) is 11.5 Å². The number of hydrogen-bond donors (Lipinski definition) is 6. The Morgan fingerprint density at radius 1 is 1.13 bits per heavy atom. The van der Waals surface area contributed by atoms with Gasteiger partial charge in [0.1, 0.15) is 35.9 Å². The normalized spacial score (nSPS) is 28.8. The highest BCUT2D eigenvalue weighted by Crippen LogP contribution is 2.27. The lowest BCUT2D eigenvalue weighted by molar-refractivity contribution is -0.271. The molecule has 1 fully saturated rings. The van der Waals surface area contributed by atoms with Gasteiger partial charge in [0.2, 0.25) is 6.29 Å². The molecule has 11 heteroatoms. The Morgan fingerprint density at radius 2 is 1.83 bits per heavy atom. The molecule has 1 aromatic carbocycles. The number of ether oxygens (including phenoxy) is 2. The molecular weight excluding hydrogens is 404 g/mol. The Labute approximate surface area is 169 Å². The highest BCUT2D eigenvalue weighted by atomic mass is 16.7. The molecule has 1 aliphatic rings. The molecule has 1 saturated heterocycles. The van der Waals surface area contributed by atoms with Gasteiger partial charge in [0.15, 0.2) is 6.10 Å². The minimum absolute atomic E-state index is 0.00605. The molecular formula is C19H22O11. The highest BCUT2D eigenvalue weighted by molar-refractivity contribution is 5.82. The van der Waals surface area contributed by atoms with Gasteiger partial charge in [-0.1, -0.05) is 13.0 Å². The summed E-state index contributed by atoms with van der Waals surface area (Å²) in [4.78, 5) is 23.5. The maximum atomic E-state index is 12.3. The molecule has 164 valence electrons. The zero-order valence-electron chi connectivity index (χ0n) is 15.8. The van der Waals surface area contributed by atoms with Crippen molar-refractivity contribution in [2.75, 3.05) is 0 Å². The van der Waals surface area contributed by atoms with Crippen LogP contribution in [0.1, 0.15) is 25.2 Å². The van der Waals surface area contributed by atoms with Crippen LogP contribution in [0.5, 0.6) is 5.75 Å². The minimum Gasteiger partial charge on any atom is -0.479 e. The van der Waals surface area contributed by atoms with Gasteiger partial charge in [-0.2, -0.15) is 0 Å². The molecule has 2 heterocycles. The van der Waals surface area contributed by atoms with E-state index in [0.717, 1.165) is 0 Å². The molecule has 7 atom stereocenters. The van der Waals surface area contributed by atoms with E-state index in [2.05, 4.69) is 0 Å². The third kappa shape index (κ3) is 4.17. The van der Waals surface area contributed by atoms with E-state index in [0.29, 0.717) is 5.39 Å². The maximum Gasteiger partial charge on any atom is 0.344 e. The average Bonchev–Trinajstić information content (AvgIpc) is 2.72. The van der Waals surface area contributed by atoms with Crippen molar-refractivity contribution in [3.63, 3.8) is 0 Å². The summed E-state index contributed by atoms with van der Waals surface area (Å²) < 4.78 is 15.5. The van der Waals surface area contributed by atoms with Gasteiger partial charge in [-0.25, -0.2) is 9.59 Å². The number of rotatable bonds is 6. The Morgan fingerprint density at radius 3 is 2.47 bits per heavy atom. The summed E-state index contributed by atoms with van der Waals surface area (Å²) in [6.45, 7) is 1.66. The summed E-state index contributed by atoms with van der Waals surface area (Å²) >= 11 is 0. The third-order valence-corrected chi connectivity index (χ3v) is 4.89. The minimum atomic E-state index is -1.86. The number of carboxylic acids is 1. The molecule has 6 N–H and O–H groups in total. The molecule has 3 rings (SSSR count). The lowest BCUT2D eigenvalue weighted by atomic mass is 9.99. The van der Waals surface area contributed by atoms with Crippen LogP contribution < -0.4 is 10.4 Å². The van der Waals surface area contributed by atoms with Crippen LogP contribution >= 0.6 is 0 Å². The van der Waals surface area contributed by atoms with Gasteiger partial charge >= 0.3 is 11.6 Å². The fourth-order valence-corrected chi connectivity index (χ4v) is 3.10. The molecule has 0 amide bonds. The van der Waals surface area contributed by atoms with Crippen LogP contribution in [0.3, 0.4) is 0 Å². The quantitative estimate of drug-likeness (QED) is 0.328. The van der Waals surface area contributed by atoms with Crippen molar-refractivity contribution in [1.82, 2.24) is 0 Å². The molecule has 7 unspecified atom stereocenters. The Bertz CT molecular complexity index is 971. The highest BCUT2D eigenvalue weighted by Gasteiger charge is 2.48. The van der Waals surface area contributed by atoms with E-state index in [1.807, 2.05) is 0 Å². The van der Waals surface area contributed by atoms with Crippen LogP contribution in [-0.2, 0) is 9.53 Å². The zero-order valence-corrected chi connectivity index (χ0v) is 15.8. The van der Waals surface area contributed by atoms with Crippen LogP contribution in [0.25, 0.3) is 10.8 Å². The monoisotopic (exact) mass is 426 g/mol. The SMILES string of the molecule is CCC(O)C(O)c1cc2ccc(OC3OC(C(=O)O)C(O)C(O)C3O)cc2c(=O)o1. The number of hydrogen-bond acceptors (Lipinski definition) is 10. The first kappa shape index (κ1) is 22.2. The summed E-state index contributed by atoms with van der Waals surface area (Å²) in [5, 5.41) is 58.9. The van der Waals surface area contributed by atoms with Crippen LogP contribution in [0.2, 0.25) is 0 Å². The molecule has 30 heavy (non-hydrogen) atoms. The predicted octanol–water partition coefficient (Wildman–Crippen LogP) is -1.13. The van der Waals surface area contributed by atoms with E-state index in [1.165, 1.54) is 24.3 Å². The lowest BCUT2D eigenvalue weighted by Gasteiger charge is -2.38. The van der Waals surface area contributed by atoms with Gasteiger partial charge in [0.25, 0.3) is 0 Å². The molecule has 0 aliphatic carbocycles. The van der Waals surface area contributed by atoms with E-state index >= 15 is 0 Å². The molecule has 0 spiro atoms. The molecule has 1 aliphatic heterocycles. The number of aliphatic hydroxyl groups excluding tert-OH is 5. The first-order chi connectivity index (χ1) is 14.1. The van der Waals surface area contributed by atoms with Crippen LogP contribution in [-0.4, -0.2) is 73.4 Å². The number of aliphatic hydroxyl groups is 5. The number of carboxylic acid groups (broad SMARTS) is 1. The van der Waals surface area contributed by atoms with E-state index in [-0.39, 0.29) is 23.3 Å². The number of carbonyl (C=O) groups is 1. The Balaban J connectivity index is 1.88. The Kier molecular flexibility index (Phi) is 6.41. The van der Waals surface area contributed by atoms with Crippen LogP contribution in [0, 0.1) is 0 Å². The number of fused-ring (bicyclic) bond motifs is 1. The second-order valence-corrected chi connectivity index (χ2v) is 6.96. The zero-order chi connectivity index (χ0) is 22.2. The summed E-state index contributed by atoms with van der Waals surface area (Å²) in [6, 6.07) is 5.47. The van der Waals surface area contributed by atoms with Crippen molar-refractivity contribution in [3.8, 4) is 5.75 Å².